The van der Waals surface area contributed by atoms with Gasteiger partial charge < -0.3 is 20.1 Å². The maximum atomic E-state index is 8.80. The molecule has 0 aliphatic carbocycles. The second-order valence-electron chi connectivity index (χ2n) is 4.59. The number of hydrogen-bond donors (Lipinski definition) is 2. The fraction of sp³-hybridized carbons (Fsp3) is 0.571. The van der Waals surface area contributed by atoms with Crippen LogP contribution >= 0.6 is 0 Å². The zero-order chi connectivity index (χ0) is 12.8. The molecule has 1 aromatic carbocycles. The minimum absolute atomic E-state index is 0.177. The van der Waals surface area contributed by atoms with E-state index >= 15 is 0 Å². The van der Waals surface area contributed by atoms with Gasteiger partial charge in [-0.1, -0.05) is 12.1 Å². The van der Waals surface area contributed by atoms with E-state index in [1.165, 1.54) is 11.3 Å². The number of anilines is 1. The molecule has 2 N–H and O–H groups in total. The Morgan fingerprint density at radius 3 is 2.56 bits per heavy atom. The van der Waals surface area contributed by atoms with Crippen molar-refractivity contribution in [1.29, 1.82) is 0 Å². The lowest BCUT2D eigenvalue weighted by Gasteiger charge is -2.29. The van der Waals surface area contributed by atoms with Gasteiger partial charge in [-0.3, -0.25) is 0 Å². The number of nitrogens with one attached hydrogen (secondary N) is 1. The largest absolute Gasteiger partial charge is 0.395 e. The van der Waals surface area contributed by atoms with E-state index in [1.54, 1.807) is 0 Å². The first-order valence-electron chi connectivity index (χ1n) is 6.58. The van der Waals surface area contributed by atoms with E-state index < -0.39 is 0 Å². The molecule has 1 unspecified atom stereocenters. The molecule has 1 heterocycles. The van der Waals surface area contributed by atoms with Gasteiger partial charge in [0.25, 0.3) is 0 Å². The third kappa shape index (κ3) is 3.45. The van der Waals surface area contributed by atoms with Crippen LogP contribution in [0.2, 0.25) is 0 Å². The van der Waals surface area contributed by atoms with Crippen molar-refractivity contribution >= 4 is 5.69 Å². The fourth-order valence-corrected chi connectivity index (χ4v) is 2.19. The SMILES string of the molecule is CC(NCCO)c1ccc(N2CCOCC2)cc1. The van der Waals surface area contributed by atoms with Gasteiger partial charge in [-0.05, 0) is 24.6 Å². The summed E-state index contributed by atoms with van der Waals surface area (Å²) >= 11 is 0. The molecule has 0 bridgehead atoms. The molecule has 1 atom stereocenters. The molecule has 1 saturated heterocycles. The molecule has 100 valence electrons. The highest BCUT2D eigenvalue weighted by Crippen LogP contribution is 2.19. The van der Waals surface area contributed by atoms with E-state index in [1.807, 2.05) is 0 Å². The molecule has 0 aromatic heterocycles. The molecule has 2 rings (SSSR count). The van der Waals surface area contributed by atoms with Crippen molar-refractivity contribution in [2.45, 2.75) is 13.0 Å². The van der Waals surface area contributed by atoms with Gasteiger partial charge in [-0.2, -0.15) is 0 Å². The van der Waals surface area contributed by atoms with Crippen molar-refractivity contribution in [3.05, 3.63) is 29.8 Å². The number of aliphatic hydroxyl groups is 1. The summed E-state index contributed by atoms with van der Waals surface area (Å²) in [6.45, 7) is 6.49. The van der Waals surface area contributed by atoms with E-state index in [4.69, 9.17) is 9.84 Å². The van der Waals surface area contributed by atoms with Gasteiger partial charge in [0.05, 0.1) is 19.8 Å². The second-order valence-corrected chi connectivity index (χ2v) is 4.59. The van der Waals surface area contributed by atoms with E-state index in [0.717, 1.165) is 26.3 Å². The lowest BCUT2D eigenvalue weighted by molar-refractivity contribution is 0.122. The molecule has 0 saturated carbocycles. The van der Waals surface area contributed by atoms with Crippen LogP contribution in [0, 0.1) is 0 Å². The highest BCUT2D eigenvalue weighted by Gasteiger charge is 2.11. The first-order valence-corrected chi connectivity index (χ1v) is 6.58. The summed E-state index contributed by atoms with van der Waals surface area (Å²) in [5.74, 6) is 0. The maximum Gasteiger partial charge on any atom is 0.0642 e. The Morgan fingerprint density at radius 1 is 1.28 bits per heavy atom. The Hall–Kier alpha value is -1.10. The minimum atomic E-state index is 0.177. The van der Waals surface area contributed by atoms with Crippen molar-refractivity contribution in [1.82, 2.24) is 5.32 Å². The molecule has 0 radical (unpaired) electrons. The van der Waals surface area contributed by atoms with Crippen LogP contribution in [0.5, 0.6) is 0 Å². The molecular weight excluding hydrogens is 228 g/mol. The number of aliphatic hydroxyl groups excluding tert-OH is 1. The van der Waals surface area contributed by atoms with Gasteiger partial charge >= 0.3 is 0 Å². The number of morpholine rings is 1. The second kappa shape index (κ2) is 6.73. The predicted molar refractivity (Wildman–Crippen MR) is 73.0 cm³/mol. The van der Waals surface area contributed by atoms with Crippen molar-refractivity contribution in [2.24, 2.45) is 0 Å². The van der Waals surface area contributed by atoms with Crippen LogP contribution in [0.3, 0.4) is 0 Å². The lowest BCUT2D eigenvalue weighted by atomic mass is 10.1. The standard InChI is InChI=1S/C14H22N2O2/c1-12(15-6-9-17)13-2-4-14(5-3-13)16-7-10-18-11-8-16/h2-5,12,15,17H,6-11H2,1H3. The first-order chi connectivity index (χ1) is 8.81. The Balaban J connectivity index is 1.95. The highest BCUT2D eigenvalue weighted by atomic mass is 16.5. The zero-order valence-electron chi connectivity index (χ0n) is 10.9. The summed E-state index contributed by atoms with van der Waals surface area (Å²) in [7, 11) is 0. The van der Waals surface area contributed by atoms with E-state index in [-0.39, 0.29) is 12.6 Å². The van der Waals surface area contributed by atoms with Crippen molar-refractivity contribution in [3.8, 4) is 0 Å². The van der Waals surface area contributed by atoms with Gasteiger partial charge in [0.15, 0.2) is 0 Å². The van der Waals surface area contributed by atoms with Crippen LogP contribution in [0.15, 0.2) is 24.3 Å². The third-order valence-corrected chi connectivity index (χ3v) is 3.33. The Labute approximate surface area is 109 Å². The smallest absolute Gasteiger partial charge is 0.0642 e. The zero-order valence-corrected chi connectivity index (χ0v) is 10.9. The average Bonchev–Trinajstić information content (AvgIpc) is 2.46. The molecule has 4 nitrogen and oxygen atoms in total. The highest BCUT2D eigenvalue weighted by molar-refractivity contribution is 5.48. The molecule has 1 fully saturated rings. The van der Waals surface area contributed by atoms with Gasteiger partial charge in [0, 0.05) is 31.4 Å². The lowest BCUT2D eigenvalue weighted by Crippen LogP contribution is -2.36. The number of ether oxygens (including phenoxy) is 1. The molecule has 0 spiro atoms. The molecule has 4 heteroatoms. The van der Waals surface area contributed by atoms with Gasteiger partial charge in [0.1, 0.15) is 0 Å². The number of hydrogen-bond acceptors (Lipinski definition) is 4. The molecule has 1 aliphatic heterocycles. The van der Waals surface area contributed by atoms with Crippen molar-refractivity contribution in [2.75, 3.05) is 44.4 Å². The Morgan fingerprint density at radius 2 is 1.94 bits per heavy atom. The Bertz CT molecular complexity index is 347. The van der Waals surface area contributed by atoms with Gasteiger partial charge in [-0.25, -0.2) is 0 Å². The van der Waals surface area contributed by atoms with Crippen LogP contribution in [-0.2, 0) is 4.74 Å². The molecule has 0 amide bonds. The number of nitrogens with zero attached hydrogens (tertiary/aromatic N) is 1. The summed E-state index contributed by atoms with van der Waals surface area (Å²) in [6.07, 6.45) is 0. The van der Waals surface area contributed by atoms with Crippen LogP contribution < -0.4 is 10.2 Å². The average molecular weight is 250 g/mol. The summed E-state index contributed by atoms with van der Waals surface area (Å²) in [4.78, 5) is 2.35. The summed E-state index contributed by atoms with van der Waals surface area (Å²) in [5.41, 5.74) is 2.51. The monoisotopic (exact) mass is 250 g/mol. The number of rotatable bonds is 5. The fourth-order valence-electron chi connectivity index (χ4n) is 2.19. The third-order valence-electron chi connectivity index (χ3n) is 3.33. The molecule has 18 heavy (non-hydrogen) atoms. The molecule has 1 aliphatic rings. The van der Waals surface area contributed by atoms with Gasteiger partial charge in [-0.15, -0.1) is 0 Å². The molecule has 1 aromatic rings. The number of benzene rings is 1. The summed E-state index contributed by atoms with van der Waals surface area (Å²) in [5, 5.41) is 12.1. The Kier molecular flexibility index (Phi) is 4.99. The summed E-state index contributed by atoms with van der Waals surface area (Å²) < 4.78 is 5.35. The van der Waals surface area contributed by atoms with Crippen molar-refractivity contribution < 1.29 is 9.84 Å². The topological polar surface area (TPSA) is 44.7 Å². The van der Waals surface area contributed by atoms with Gasteiger partial charge in [0.2, 0.25) is 0 Å². The van der Waals surface area contributed by atoms with E-state index in [0.29, 0.717) is 6.54 Å². The summed E-state index contributed by atoms with van der Waals surface area (Å²) in [6, 6.07) is 8.91. The van der Waals surface area contributed by atoms with Crippen molar-refractivity contribution in [3.63, 3.8) is 0 Å². The normalized spacial score (nSPS) is 17.8. The van der Waals surface area contributed by atoms with Crippen LogP contribution in [0.4, 0.5) is 5.69 Å². The first kappa shape index (κ1) is 13.3. The maximum absolute atomic E-state index is 8.80. The minimum Gasteiger partial charge on any atom is -0.395 e. The van der Waals surface area contributed by atoms with Crippen LogP contribution in [0.25, 0.3) is 0 Å². The van der Waals surface area contributed by atoms with E-state index in [2.05, 4.69) is 41.4 Å². The van der Waals surface area contributed by atoms with E-state index in [9.17, 15) is 0 Å². The van der Waals surface area contributed by atoms with Crippen LogP contribution in [0.1, 0.15) is 18.5 Å². The van der Waals surface area contributed by atoms with Crippen LogP contribution in [-0.4, -0.2) is 44.6 Å². The predicted octanol–water partition coefficient (Wildman–Crippen LogP) is 1.17. The molecular formula is C14H22N2O2. The quantitative estimate of drug-likeness (QED) is 0.823.